The lowest BCUT2D eigenvalue weighted by atomic mass is 10.2. The maximum atomic E-state index is 5.84. The van der Waals surface area contributed by atoms with Gasteiger partial charge in [0, 0.05) is 5.88 Å². The molecule has 0 amide bonds. The number of methoxy groups -OCH3 is 1. The van der Waals surface area contributed by atoms with Gasteiger partial charge in [0.15, 0.2) is 11.5 Å². The quantitative estimate of drug-likeness (QED) is 0.570. The minimum atomic E-state index is 0.484. The first-order chi connectivity index (χ1) is 7.76. The lowest BCUT2D eigenvalue weighted by Crippen LogP contribution is -2.00. The standard InChI is InChI=1S/C12H17ClO2S/c1-4-5-15-12-10(14-2)6-9(8-13)7-11(12)16-3/h6-7H,4-5,8H2,1-3H3. The molecule has 0 aromatic heterocycles. The molecule has 0 heterocycles. The molecule has 0 spiro atoms. The highest BCUT2D eigenvalue weighted by atomic mass is 35.5. The minimum Gasteiger partial charge on any atom is -0.493 e. The first kappa shape index (κ1) is 13.5. The predicted octanol–water partition coefficient (Wildman–Crippen LogP) is 3.94. The van der Waals surface area contributed by atoms with Crippen LogP contribution in [0.4, 0.5) is 0 Å². The smallest absolute Gasteiger partial charge is 0.174 e. The Balaban J connectivity index is 3.09. The van der Waals surface area contributed by atoms with E-state index in [9.17, 15) is 0 Å². The number of thioether (sulfide) groups is 1. The van der Waals surface area contributed by atoms with Gasteiger partial charge in [0.2, 0.25) is 0 Å². The molecule has 0 atom stereocenters. The summed E-state index contributed by atoms with van der Waals surface area (Å²) in [6.07, 6.45) is 3.00. The summed E-state index contributed by atoms with van der Waals surface area (Å²) < 4.78 is 11.0. The highest BCUT2D eigenvalue weighted by Crippen LogP contribution is 2.38. The number of alkyl halides is 1. The fourth-order valence-corrected chi connectivity index (χ4v) is 2.13. The van der Waals surface area contributed by atoms with Crippen LogP contribution in [0.3, 0.4) is 0 Å². The van der Waals surface area contributed by atoms with E-state index in [1.54, 1.807) is 18.9 Å². The van der Waals surface area contributed by atoms with E-state index in [1.165, 1.54) is 0 Å². The Labute approximate surface area is 106 Å². The van der Waals surface area contributed by atoms with Crippen molar-refractivity contribution in [3.05, 3.63) is 17.7 Å². The molecular weight excluding hydrogens is 244 g/mol. The number of hydrogen-bond acceptors (Lipinski definition) is 3. The Morgan fingerprint density at radius 2 is 2.12 bits per heavy atom. The van der Waals surface area contributed by atoms with E-state index in [1.807, 2.05) is 18.4 Å². The van der Waals surface area contributed by atoms with Crippen LogP contribution < -0.4 is 9.47 Å². The predicted molar refractivity (Wildman–Crippen MR) is 70.1 cm³/mol. The van der Waals surface area contributed by atoms with Crippen molar-refractivity contribution in [2.45, 2.75) is 24.1 Å². The van der Waals surface area contributed by atoms with Crippen molar-refractivity contribution in [3.63, 3.8) is 0 Å². The molecule has 0 saturated heterocycles. The number of ether oxygens (including phenoxy) is 2. The van der Waals surface area contributed by atoms with E-state index >= 15 is 0 Å². The summed E-state index contributed by atoms with van der Waals surface area (Å²) >= 11 is 7.48. The molecule has 0 aliphatic carbocycles. The summed E-state index contributed by atoms with van der Waals surface area (Å²) in [5.74, 6) is 2.07. The Morgan fingerprint density at radius 3 is 2.62 bits per heavy atom. The number of hydrogen-bond donors (Lipinski definition) is 0. The van der Waals surface area contributed by atoms with Crippen LogP contribution in [-0.4, -0.2) is 20.0 Å². The monoisotopic (exact) mass is 260 g/mol. The Bertz CT molecular complexity index is 317. The number of rotatable bonds is 6. The molecule has 0 bridgehead atoms. The maximum absolute atomic E-state index is 5.84. The highest BCUT2D eigenvalue weighted by molar-refractivity contribution is 7.98. The first-order valence-corrected chi connectivity index (χ1v) is 6.96. The molecule has 0 aliphatic rings. The lowest BCUT2D eigenvalue weighted by molar-refractivity contribution is 0.287. The molecule has 1 aromatic carbocycles. The van der Waals surface area contributed by atoms with Crippen molar-refractivity contribution in [2.75, 3.05) is 20.0 Å². The molecular formula is C12H17ClO2S. The van der Waals surface area contributed by atoms with Gasteiger partial charge in [-0.25, -0.2) is 0 Å². The molecule has 4 heteroatoms. The van der Waals surface area contributed by atoms with Gasteiger partial charge in [0.1, 0.15) is 0 Å². The van der Waals surface area contributed by atoms with E-state index in [0.717, 1.165) is 28.4 Å². The van der Waals surface area contributed by atoms with Crippen LogP contribution in [0.1, 0.15) is 18.9 Å². The van der Waals surface area contributed by atoms with Gasteiger partial charge in [0.05, 0.1) is 18.6 Å². The van der Waals surface area contributed by atoms with Crippen molar-refractivity contribution in [1.29, 1.82) is 0 Å². The Hall–Kier alpha value is -0.540. The van der Waals surface area contributed by atoms with Gasteiger partial charge >= 0.3 is 0 Å². The lowest BCUT2D eigenvalue weighted by Gasteiger charge is -2.14. The van der Waals surface area contributed by atoms with Crippen molar-refractivity contribution in [2.24, 2.45) is 0 Å². The molecule has 0 aliphatic heterocycles. The van der Waals surface area contributed by atoms with Gasteiger partial charge < -0.3 is 9.47 Å². The summed E-state index contributed by atoms with van der Waals surface area (Å²) in [4.78, 5) is 1.07. The summed E-state index contributed by atoms with van der Waals surface area (Å²) in [5.41, 5.74) is 1.05. The molecule has 2 nitrogen and oxygen atoms in total. The zero-order valence-electron chi connectivity index (χ0n) is 9.88. The van der Waals surface area contributed by atoms with Gasteiger partial charge in [-0.15, -0.1) is 23.4 Å². The topological polar surface area (TPSA) is 18.5 Å². The molecule has 1 aromatic rings. The summed E-state index contributed by atoms with van der Waals surface area (Å²) in [7, 11) is 1.65. The molecule has 0 unspecified atom stereocenters. The Kier molecular flexibility index (Phi) is 5.85. The second-order valence-corrected chi connectivity index (χ2v) is 4.43. The Morgan fingerprint density at radius 1 is 1.38 bits per heavy atom. The molecule has 0 fully saturated rings. The second kappa shape index (κ2) is 6.92. The number of benzene rings is 1. The SMILES string of the molecule is CCCOc1c(OC)cc(CCl)cc1SC. The fourth-order valence-electron chi connectivity index (χ4n) is 1.36. The fraction of sp³-hybridized carbons (Fsp3) is 0.500. The van der Waals surface area contributed by atoms with E-state index in [2.05, 4.69) is 6.92 Å². The second-order valence-electron chi connectivity index (χ2n) is 3.31. The van der Waals surface area contributed by atoms with E-state index < -0.39 is 0 Å². The molecule has 0 radical (unpaired) electrons. The van der Waals surface area contributed by atoms with E-state index in [4.69, 9.17) is 21.1 Å². The van der Waals surface area contributed by atoms with Crippen molar-refractivity contribution in [3.8, 4) is 11.5 Å². The van der Waals surface area contributed by atoms with Crippen LogP contribution in [0, 0.1) is 0 Å². The van der Waals surface area contributed by atoms with Crippen molar-refractivity contribution >= 4 is 23.4 Å². The average molecular weight is 261 g/mol. The van der Waals surface area contributed by atoms with Crippen molar-refractivity contribution in [1.82, 2.24) is 0 Å². The summed E-state index contributed by atoms with van der Waals surface area (Å²) in [6.45, 7) is 2.78. The van der Waals surface area contributed by atoms with E-state index in [-0.39, 0.29) is 0 Å². The van der Waals surface area contributed by atoms with Crippen LogP contribution in [0.2, 0.25) is 0 Å². The summed E-state index contributed by atoms with van der Waals surface area (Å²) in [5, 5.41) is 0. The molecule has 0 N–H and O–H groups in total. The van der Waals surface area contributed by atoms with Crippen LogP contribution in [0.15, 0.2) is 17.0 Å². The van der Waals surface area contributed by atoms with E-state index in [0.29, 0.717) is 12.5 Å². The van der Waals surface area contributed by atoms with Gasteiger partial charge in [-0.1, -0.05) is 6.92 Å². The van der Waals surface area contributed by atoms with Gasteiger partial charge in [-0.3, -0.25) is 0 Å². The van der Waals surface area contributed by atoms with Crippen LogP contribution in [0.25, 0.3) is 0 Å². The third-order valence-electron chi connectivity index (χ3n) is 2.13. The zero-order chi connectivity index (χ0) is 12.0. The average Bonchev–Trinajstić information content (AvgIpc) is 2.35. The van der Waals surface area contributed by atoms with Gasteiger partial charge in [-0.05, 0) is 30.4 Å². The van der Waals surface area contributed by atoms with Crippen molar-refractivity contribution < 1.29 is 9.47 Å². The maximum Gasteiger partial charge on any atom is 0.174 e. The largest absolute Gasteiger partial charge is 0.493 e. The third-order valence-corrected chi connectivity index (χ3v) is 3.18. The zero-order valence-corrected chi connectivity index (χ0v) is 11.5. The molecule has 90 valence electrons. The minimum absolute atomic E-state index is 0.484. The van der Waals surface area contributed by atoms with Gasteiger partial charge in [-0.2, -0.15) is 0 Å². The molecule has 0 saturated carbocycles. The van der Waals surface area contributed by atoms with Gasteiger partial charge in [0.25, 0.3) is 0 Å². The molecule has 16 heavy (non-hydrogen) atoms. The highest BCUT2D eigenvalue weighted by Gasteiger charge is 2.12. The first-order valence-electron chi connectivity index (χ1n) is 5.20. The van der Waals surface area contributed by atoms with Crippen LogP contribution >= 0.6 is 23.4 Å². The number of halogens is 1. The third kappa shape index (κ3) is 3.22. The van der Waals surface area contributed by atoms with Crippen LogP contribution in [0.5, 0.6) is 11.5 Å². The summed E-state index contributed by atoms with van der Waals surface area (Å²) in [6, 6.07) is 3.98. The van der Waals surface area contributed by atoms with Crippen LogP contribution in [-0.2, 0) is 5.88 Å². The normalized spacial score (nSPS) is 10.2. The molecule has 1 rings (SSSR count).